The van der Waals surface area contributed by atoms with Gasteiger partial charge in [-0.25, -0.2) is 0 Å². The first-order valence-corrected chi connectivity index (χ1v) is 12.8. The molecule has 0 saturated carbocycles. The van der Waals surface area contributed by atoms with Crippen LogP contribution in [0.15, 0.2) is 60.7 Å². The first-order chi connectivity index (χ1) is 18.2. The number of fused-ring (bicyclic) bond motifs is 3. The van der Waals surface area contributed by atoms with E-state index in [1.165, 1.54) is 11.1 Å². The van der Waals surface area contributed by atoms with E-state index < -0.39 is 0 Å². The third-order valence-corrected chi connectivity index (χ3v) is 7.23. The van der Waals surface area contributed by atoms with Gasteiger partial charge in [0.15, 0.2) is 11.5 Å². The van der Waals surface area contributed by atoms with Gasteiger partial charge in [0, 0.05) is 42.7 Å². The Morgan fingerprint density at radius 3 is 2.38 bits per heavy atom. The molecule has 2 N–H and O–H groups in total. The van der Waals surface area contributed by atoms with E-state index in [9.17, 15) is 5.11 Å². The van der Waals surface area contributed by atoms with Gasteiger partial charge in [-0.1, -0.05) is 36.4 Å². The SMILES string of the molecule is COc1cc2c(cc1OCCCN1CCOCC1)Cc1c(-c3ccc(-c4ccc(O)cc4)cc3)n[nH]c1-2. The van der Waals surface area contributed by atoms with Gasteiger partial charge >= 0.3 is 0 Å². The third-order valence-electron chi connectivity index (χ3n) is 7.23. The maximum absolute atomic E-state index is 9.56. The number of aromatic amines is 1. The molecule has 0 radical (unpaired) electrons. The van der Waals surface area contributed by atoms with Crippen LogP contribution < -0.4 is 9.47 Å². The number of morpholine rings is 1. The van der Waals surface area contributed by atoms with Crippen LogP contribution in [0.1, 0.15) is 17.5 Å². The molecule has 0 atom stereocenters. The topological polar surface area (TPSA) is 79.8 Å². The Bertz CT molecular complexity index is 1370. The summed E-state index contributed by atoms with van der Waals surface area (Å²) in [7, 11) is 1.69. The summed E-state index contributed by atoms with van der Waals surface area (Å²) < 4.78 is 17.3. The summed E-state index contributed by atoms with van der Waals surface area (Å²) in [5.41, 5.74) is 8.77. The number of phenolic OH excluding ortho intramolecular Hbond substituents is 1. The number of rotatable bonds is 8. The summed E-state index contributed by atoms with van der Waals surface area (Å²) in [6.45, 7) is 5.30. The monoisotopic (exact) mass is 497 g/mol. The fraction of sp³-hybridized carbons (Fsp3) is 0.300. The van der Waals surface area contributed by atoms with E-state index in [-0.39, 0.29) is 5.75 Å². The summed E-state index contributed by atoms with van der Waals surface area (Å²) in [6.07, 6.45) is 1.76. The molecule has 2 aliphatic rings. The van der Waals surface area contributed by atoms with Gasteiger partial charge in [-0.05, 0) is 47.4 Å². The zero-order valence-electron chi connectivity index (χ0n) is 21.0. The highest BCUT2D eigenvalue weighted by atomic mass is 16.5. The molecule has 190 valence electrons. The van der Waals surface area contributed by atoms with Crippen LogP contribution >= 0.6 is 0 Å². The summed E-state index contributed by atoms with van der Waals surface area (Å²) in [5.74, 6) is 1.80. The molecule has 7 heteroatoms. The number of benzene rings is 3. The molecule has 2 heterocycles. The van der Waals surface area contributed by atoms with Crippen LogP contribution in [0.3, 0.4) is 0 Å². The van der Waals surface area contributed by atoms with Crippen molar-refractivity contribution in [2.75, 3.05) is 46.6 Å². The van der Waals surface area contributed by atoms with Gasteiger partial charge in [0.05, 0.1) is 38.3 Å². The molecule has 1 aliphatic carbocycles. The van der Waals surface area contributed by atoms with Gasteiger partial charge in [0.1, 0.15) is 5.75 Å². The molecular weight excluding hydrogens is 466 g/mol. The standard InChI is InChI=1S/C30H31N3O4/c1-35-27-19-25-23(18-28(27)37-14-2-11-33-12-15-36-16-13-33)17-26-29(31-32-30(25)26)22-5-3-20(4-6-22)21-7-9-24(34)10-8-21/h3-10,18-19,34H,2,11-17H2,1H3,(H,31,32). The van der Waals surface area contributed by atoms with Gasteiger partial charge in [-0.2, -0.15) is 5.10 Å². The number of ether oxygens (including phenoxy) is 3. The number of nitrogens with zero attached hydrogens (tertiary/aromatic N) is 2. The van der Waals surface area contributed by atoms with E-state index in [0.717, 1.165) is 90.8 Å². The number of hydrogen-bond acceptors (Lipinski definition) is 6. The highest BCUT2D eigenvalue weighted by molar-refractivity contribution is 5.83. The molecule has 1 saturated heterocycles. The van der Waals surface area contributed by atoms with Crippen LogP contribution in [-0.2, 0) is 11.2 Å². The van der Waals surface area contributed by atoms with E-state index in [4.69, 9.17) is 14.2 Å². The molecular formula is C30H31N3O4. The van der Waals surface area contributed by atoms with E-state index in [2.05, 4.69) is 51.5 Å². The Kier molecular flexibility index (Phi) is 6.55. The van der Waals surface area contributed by atoms with Crippen molar-refractivity contribution in [3.05, 3.63) is 71.8 Å². The maximum Gasteiger partial charge on any atom is 0.161 e. The average molecular weight is 498 g/mol. The van der Waals surface area contributed by atoms with E-state index >= 15 is 0 Å². The summed E-state index contributed by atoms with van der Waals surface area (Å²) in [4.78, 5) is 2.42. The molecule has 6 rings (SSSR count). The lowest BCUT2D eigenvalue weighted by Gasteiger charge is -2.26. The van der Waals surface area contributed by atoms with Crippen molar-refractivity contribution in [1.29, 1.82) is 0 Å². The van der Waals surface area contributed by atoms with Crippen LogP contribution in [0, 0.1) is 0 Å². The van der Waals surface area contributed by atoms with Crippen molar-refractivity contribution in [2.24, 2.45) is 0 Å². The van der Waals surface area contributed by atoms with Crippen LogP contribution in [0.25, 0.3) is 33.6 Å². The number of aromatic hydroxyl groups is 1. The Labute approximate surface area is 216 Å². The summed E-state index contributed by atoms with van der Waals surface area (Å²) in [5, 5.41) is 17.5. The van der Waals surface area contributed by atoms with Crippen molar-refractivity contribution in [3.8, 4) is 50.9 Å². The fourth-order valence-electron chi connectivity index (χ4n) is 5.21. The third kappa shape index (κ3) is 4.80. The Morgan fingerprint density at radius 2 is 1.65 bits per heavy atom. The highest BCUT2D eigenvalue weighted by Crippen LogP contribution is 2.45. The second kappa shape index (κ2) is 10.3. The number of hydrogen-bond donors (Lipinski definition) is 2. The summed E-state index contributed by atoms with van der Waals surface area (Å²) >= 11 is 0. The minimum Gasteiger partial charge on any atom is -0.508 e. The largest absolute Gasteiger partial charge is 0.508 e. The zero-order valence-corrected chi connectivity index (χ0v) is 21.0. The lowest BCUT2D eigenvalue weighted by molar-refractivity contribution is 0.0357. The Balaban J connectivity index is 1.17. The van der Waals surface area contributed by atoms with E-state index in [0.29, 0.717) is 6.61 Å². The van der Waals surface area contributed by atoms with Crippen molar-refractivity contribution >= 4 is 0 Å². The molecule has 7 nitrogen and oxygen atoms in total. The quantitative estimate of drug-likeness (QED) is 0.289. The molecule has 4 aromatic rings. The van der Waals surface area contributed by atoms with Gasteiger partial charge < -0.3 is 19.3 Å². The van der Waals surface area contributed by atoms with Crippen LogP contribution in [0.2, 0.25) is 0 Å². The molecule has 3 aromatic carbocycles. The van der Waals surface area contributed by atoms with Crippen molar-refractivity contribution in [1.82, 2.24) is 15.1 Å². The predicted molar refractivity (Wildman–Crippen MR) is 143 cm³/mol. The first-order valence-electron chi connectivity index (χ1n) is 12.8. The molecule has 1 aliphatic heterocycles. The second-order valence-electron chi connectivity index (χ2n) is 9.54. The zero-order chi connectivity index (χ0) is 25.2. The van der Waals surface area contributed by atoms with Gasteiger partial charge in [-0.15, -0.1) is 0 Å². The van der Waals surface area contributed by atoms with Gasteiger partial charge in [0.25, 0.3) is 0 Å². The fourth-order valence-corrected chi connectivity index (χ4v) is 5.21. The minimum atomic E-state index is 0.269. The first kappa shape index (κ1) is 23.6. The van der Waals surface area contributed by atoms with Crippen molar-refractivity contribution in [3.63, 3.8) is 0 Å². The van der Waals surface area contributed by atoms with E-state index in [1.54, 1.807) is 19.2 Å². The van der Waals surface area contributed by atoms with Crippen LogP contribution in [0.5, 0.6) is 17.2 Å². The van der Waals surface area contributed by atoms with Crippen molar-refractivity contribution in [2.45, 2.75) is 12.8 Å². The maximum atomic E-state index is 9.56. The predicted octanol–water partition coefficient (Wildman–Crippen LogP) is 5.13. The number of nitrogens with one attached hydrogen (secondary N) is 1. The summed E-state index contributed by atoms with van der Waals surface area (Å²) in [6, 6.07) is 19.8. The highest BCUT2D eigenvalue weighted by Gasteiger charge is 2.27. The molecule has 37 heavy (non-hydrogen) atoms. The normalized spacial score (nSPS) is 14.8. The molecule has 1 aromatic heterocycles. The number of methoxy groups -OCH3 is 1. The molecule has 0 spiro atoms. The molecule has 0 bridgehead atoms. The van der Waals surface area contributed by atoms with E-state index in [1.807, 2.05) is 12.1 Å². The molecule has 1 fully saturated rings. The molecule has 0 unspecified atom stereocenters. The lowest BCUT2D eigenvalue weighted by Crippen LogP contribution is -2.37. The number of phenols is 1. The Morgan fingerprint density at radius 1 is 0.946 bits per heavy atom. The van der Waals surface area contributed by atoms with Gasteiger partial charge in [0.2, 0.25) is 0 Å². The van der Waals surface area contributed by atoms with Gasteiger partial charge in [-0.3, -0.25) is 10.00 Å². The molecule has 0 amide bonds. The second-order valence-corrected chi connectivity index (χ2v) is 9.54. The number of aromatic nitrogens is 2. The van der Waals surface area contributed by atoms with Crippen LogP contribution in [-0.4, -0.2) is 66.8 Å². The van der Waals surface area contributed by atoms with Crippen LogP contribution in [0.4, 0.5) is 0 Å². The smallest absolute Gasteiger partial charge is 0.161 e. The lowest BCUT2D eigenvalue weighted by atomic mass is 10.0. The Hall–Kier alpha value is -3.81. The average Bonchev–Trinajstić information content (AvgIpc) is 3.51. The minimum absolute atomic E-state index is 0.269. The van der Waals surface area contributed by atoms with Crippen molar-refractivity contribution < 1.29 is 19.3 Å². The number of H-pyrrole nitrogens is 1.